The number of piperidine rings is 1. The van der Waals surface area contributed by atoms with Gasteiger partial charge in [0.1, 0.15) is 18.4 Å². The second-order valence-corrected chi connectivity index (χ2v) is 7.23. The van der Waals surface area contributed by atoms with E-state index in [9.17, 15) is 0 Å². The molecule has 4 rings (SSSR count). The van der Waals surface area contributed by atoms with Crippen LogP contribution in [0.2, 0.25) is 0 Å². The van der Waals surface area contributed by atoms with Crippen LogP contribution >= 0.6 is 11.8 Å². The zero-order valence-electron chi connectivity index (χ0n) is 14.1. The van der Waals surface area contributed by atoms with Crippen LogP contribution in [0.15, 0.2) is 51.7 Å². The van der Waals surface area contributed by atoms with E-state index in [1.54, 1.807) is 12.7 Å². The Labute approximate surface area is 150 Å². The molecule has 0 N–H and O–H groups in total. The minimum absolute atomic E-state index is 0.471. The summed E-state index contributed by atoms with van der Waals surface area (Å²) in [7, 11) is 1.92. The third-order valence-corrected chi connectivity index (χ3v) is 5.38. The van der Waals surface area contributed by atoms with Gasteiger partial charge in [0, 0.05) is 31.4 Å². The lowest BCUT2D eigenvalue weighted by molar-refractivity contribution is 0.182. The van der Waals surface area contributed by atoms with Gasteiger partial charge in [0.2, 0.25) is 0 Å². The van der Waals surface area contributed by atoms with Crippen LogP contribution in [0.1, 0.15) is 30.2 Å². The first-order valence-electron chi connectivity index (χ1n) is 8.37. The van der Waals surface area contributed by atoms with Crippen molar-refractivity contribution in [3.05, 3.63) is 48.5 Å². The minimum atomic E-state index is 0.471. The maximum absolute atomic E-state index is 5.97. The number of hydrogen-bond donors (Lipinski definition) is 0. The Morgan fingerprint density at radius 2 is 2.28 bits per heavy atom. The van der Waals surface area contributed by atoms with Crippen LogP contribution in [0.4, 0.5) is 0 Å². The van der Waals surface area contributed by atoms with E-state index < -0.39 is 0 Å². The van der Waals surface area contributed by atoms with Crippen molar-refractivity contribution in [1.82, 2.24) is 29.6 Å². The average Bonchev–Trinajstić information content (AvgIpc) is 3.26. The molecule has 4 heterocycles. The fourth-order valence-corrected chi connectivity index (χ4v) is 3.90. The molecule has 0 saturated carbocycles. The van der Waals surface area contributed by atoms with Gasteiger partial charge >= 0.3 is 0 Å². The summed E-state index contributed by atoms with van der Waals surface area (Å²) in [4.78, 5) is 10.9. The van der Waals surface area contributed by atoms with Gasteiger partial charge in [-0.3, -0.25) is 4.90 Å². The maximum atomic E-state index is 5.97. The number of rotatable bonds is 5. The van der Waals surface area contributed by atoms with Crippen LogP contribution in [0, 0.1) is 0 Å². The number of nitrogens with zero attached hydrogens (tertiary/aromatic N) is 6. The van der Waals surface area contributed by atoms with E-state index in [0.717, 1.165) is 41.3 Å². The number of furan rings is 1. The second-order valence-electron chi connectivity index (χ2n) is 6.26. The molecule has 1 aliphatic rings. The van der Waals surface area contributed by atoms with Gasteiger partial charge in [0.15, 0.2) is 10.2 Å². The summed E-state index contributed by atoms with van der Waals surface area (Å²) in [6, 6.07) is 6.07. The normalized spacial score (nSPS) is 18.5. The lowest BCUT2D eigenvalue weighted by Gasteiger charge is -2.31. The SMILES string of the molecule is Cn1cnnc1Sc1ccc(CN2CCC[C@@H](c3ccncn3)C2)o1. The third kappa shape index (κ3) is 3.91. The fourth-order valence-electron chi connectivity index (χ4n) is 3.16. The number of likely N-dealkylation sites (tertiary alicyclic amines) is 1. The molecular weight excluding hydrogens is 336 g/mol. The van der Waals surface area contributed by atoms with Gasteiger partial charge in [0.25, 0.3) is 0 Å². The van der Waals surface area contributed by atoms with Crippen LogP contribution < -0.4 is 0 Å². The molecule has 0 radical (unpaired) electrons. The lowest BCUT2D eigenvalue weighted by atomic mass is 9.94. The third-order valence-electron chi connectivity index (χ3n) is 4.41. The number of hydrogen-bond acceptors (Lipinski definition) is 7. The summed E-state index contributed by atoms with van der Waals surface area (Å²) in [5.74, 6) is 1.45. The molecule has 0 aromatic carbocycles. The van der Waals surface area contributed by atoms with Crippen molar-refractivity contribution in [1.29, 1.82) is 0 Å². The molecule has 1 fully saturated rings. The molecule has 8 heteroatoms. The summed E-state index contributed by atoms with van der Waals surface area (Å²) >= 11 is 1.49. The van der Waals surface area contributed by atoms with E-state index >= 15 is 0 Å². The summed E-state index contributed by atoms with van der Waals surface area (Å²) in [6.07, 6.45) is 7.50. The van der Waals surface area contributed by atoms with Crippen LogP contribution in [0.3, 0.4) is 0 Å². The molecule has 0 aliphatic carbocycles. The summed E-state index contributed by atoms with van der Waals surface area (Å²) in [5.41, 5.74) is 1.14. The van der Waals surface area contributed by atoms with Gasteiger partial charge in [0.05, 0.1) is 6.54 Å². The van der Waals surface area contributed by atoms with E-state index in [4.69, 9.17) is 4.42 Å². The first kappa shape index (κ1) is 16.3. The van der Waals surface area contributed by atoms with E-state index in [2.05, 4.69) is 25.1 Å². The van der Waals surface area contributed by atoms with E-state index in [-0.39, 0.29) is 0 Å². The van der Waals surface area contributed by atoms with Gasteiger partial charge in [-0.1, -0.05) is 0 Å². The molecule has 3 aromatic heterocycles. The summed E-state index contributed by atoms with van der Waals surface area (Å²) < 4.78 is 7.85. The monoisotopic (exact) mass is 356 g/mol. The zero-order chi connectivity index (χ0) is 17.1. The Kier molecular flexibility index (Phi) is 4.80. The van der Waals surface area contributed by atoms with Crippen molar-refractivity contribution in [3.8, 4) is 0 Å². The van der Waals surface area contributed by atoms with Crippen molar-refractivity contribution in [2.24, 2.45) is 7.05 Å². The molecule has 0 unspecified atom stereocenters. The molecule has 1 atom stereocenters. The number of aryl methyl sites for hydroxylation is 1. The van der Waals surface area contributed by atoms with Gasteiger partial charge in [-0.05, 0) is 49.3 Å². The Morgan fingerprint density at radius 1 is 1.32 bits per heavy atom. The van der Waals surface area contributed by atoms with Gasteiger partial charge in [-0.2, -0.15) is 0 Å². The highest BCUT2D eigenvalue weighted by atomic mass is 32.2. The van der Waals surface area contributed by atoms with Crippen molar-refractivity contribution < 1.29 is 4.42 Å². The van der Waals surface area contributed by atoms with Crippen molar-refractivity contribution in [2.45, 2.75) is 35.6 Å². The first-order chi connectivity index (χ1) is 12.3. The van der Waals surface area contributed by atoms with Crippen LogP contribution in [0.5, 0.6) is 0 Å². The first-order valence-corrected chi connectivity index (χ1v) is 9.18. The lowest BCUT2D eigenvalue weighted by Crippen LogP contribution is -2.34. The summed E-state index contributed by atoms with van der Waals surface area (Å²) in [6.45, 7) is 2.92. The predicted molar refractivity (Wildman–Crippen MR) is 93.1 cm³/mol. The predicted octanol–water partition coefficient (Wildman–Crippen LogP) is 2.73. The van der Waals surface area contributed by atoms with Crippen LogP contribution in [-0.4, -0.2) is 42.7 Å². The van der Waals surface area contributed by atoms with Crippen LogP contribution in [-0.2, 0) is 13.6 Å². The molecule has 0 bridgehead atoms. The molecule has 7 nitrogen and oxygen atoms in total. The molecule has 0 amide bonds. The highest BCUT2D eigenvalue weighted by Gasteiger charge is 2.23. The number of aromatic nitrogens is 5. The van der Waals surface area contributed by atoms with Crippen molar-refractivity contribution in [3.63, 3.8) is 0 Å². The second kappa shape index (κ2) is 7.37. The summed E-state index contributed by atoms with van der Waals surface area (Å²) in [5, 5.41) is 9.63. The quantitative estimate of drug-likeness (QED) is 0.696. The minimum Gasteiger partial charge on any atom is -0.453 e. The van der Waals surface area contributed by atoms with E-state index in [1.807, 2.05) is 36.0 Å². The topological polar surface area (TPSA) is 72.9 Å². The van der Waals surface area contributed by atoms with Gasteiger partial charge < -0.3 is 8.98 Å². The van der Waals surface area contributed by atoms with Crippen molar-refractivity contribution in [2.75, 3.05) is 13.1 Å². The van der Waals surface area contributed by atoms with Gasteiger partial charge in [-0.15, -0.1) is 10.2 Å². The largest absolute Gasteiger partial charge is 0.453 e. The Balaban J connectivity index is 1.38. The zero-order valence-corrected chi connectivity index (χ0v) is 14.9. The Morgan fingerprint density at radius 3 is 3.08 bits per heavy atom. The Hall–Kier alpha value is -2.19. The average molecular weight is 356 g/mol. The Bertz CT molecular complexity index is 817. The molecule has 130 valence electrons. The molecular formula is C17H20N6OS. The molecule has 0 spiro atoms. The molecule has 25 heavy (non-hydrogen) atoms. The molecule has 1 saturated heterocycles. The van der Waals surface area contributed by atoms with Crippen molar-refractivity contribution >= 4 is 11.8 Å². The maximum Gasteiger partial charge on any atom is 0.198 e. The van der Waals surface area contributed by atoms with E-state index in [1.165, 1.54) is 24.6 Å². The van der Waals surface area contributed by atoms with Crippen LogP contribution in [0.25, 0.3) is 0 Å². The van der Waals surface area contributed by atoms with E-state index in [0.29, 0.717) is 5.92 Å². The smallest absolute Gasteiger partial charge is 0.198 e. The molecule has 3 aromatic rings. The molecule has 1 aliphatic heterocycles. The highest BCUT2D eigenvalue weighted by Crippen LogP contribution is 2.29. The van der Waals surface area contributed by atoms with Gasteiger partial charge in [-0.25, -0.2) is 9.97 Å². The standard InChI is InChI=1S/C17H20N6OS/c1-22-12-20-21-17(22)25-16-5-4-14(24-16)10-23-8-2-3-13(9-23)15-6-7-18-11-19-15/h4-7,11-13H,2-3,8-10H2,1H3/t13-/m1/s1. The fraction of sp³-hybridized carbons (Fsp3) is 0.412. The highest BCUT2D eigenvalue weighted by molar-refractivity contribution is 7.99.